The van der Waals surface area contributed by atoms with Crippen LogP contribution in [0.5, 0.6) is 5.75 Å². The minimum absolute atomic E-state index is 0.245. The molecule has 0 aromatic heterocycles. The summed E-state index contributed by atoms with van der Waals surface area (Å²) in [6, 6.07) is 3.56. The van der Waals surface area contributed by atoms with Crippen molar-refractivity contribution in [2.24, 2.45) is 0 Å². The van der Waals surface area contributed by atoms with Gasteiger partial charge in [0.25, 0.3) is 5.91 Å². The van der Waals surface area contributed by atoms with Gasteiger partial charge >= 0.3 is 5.97 Å². The van der Waals surface area contributed by atoms with E-state index in [1.54, 1.807) is 6.07 Å². The molecule has 4 N–H and O–H groups in total. The summed E-state index contributed by atoms with van der Waals surface area (Å²) in [4.78, 5) is 22.4. The van der Waals surface area contributed by atoms with Crippen LogP contribution < -0.4 is 15.8 Å². The molecule has 0 spiro atoms. The highest BCUT2D eigenvalue weighted by atomic mass is 16.5. The van der Waals surface area contributed by atoms with Gasteiger partial charge in [-0.1, -0.05) is 0 Å². The fourth-order valence-electron chi connectivity index (χ4n) is 1.23. The number of carboxylic acids is 1. The van der Waals surface area contributed by atoms with Gasteiger partial charge in [0, 0.05) is 11.8 Å². The Bertz CT molecular complexity index is 445. The van der Waals surface area contributed by atoms with Crippen molar-refractivity contribution in [1.82, 2.24) is 5.32 Å². The third kappa shape index (κ3) is 3.10. The normalized spacial score (nSPS) is 11.6. The first-order valence-corrected chi connectivity index (χ1v) is 4.93. The van der Waals surface area contributed by atoms with Crippen molar-refractivity contribution in [1.29, 1.82) is 0 Å². The van der Waals surface area contributed by atoms with Crippen molar-refractivity contribution >= 4 is 17.6 Å². The quantitative estimate of drug-likeness (QED) is 0.662. The molecule has 92 valence electrons. The Morgan fingerprint density at radius 1 is 1.47 bits per heavy atom. The van der Waals surface area contributed by atoms with Crippen molar-refractivity contribution in [3.8, 4) is 5.75 Å². The molecule has 6 nitrogen and oxygen atoms in total. The lowest BCUT2D eigenvalue weighted by Crippen LogP contribution is -2.38. The van der Waals surface area contributed by atoms with Gasteiger partial charge in [0.1, 0.15) is 11.8 Å². The van der Waals surface area contributed by atoms with Gasteiger partial charge in [-0.2, -0.15) is 0 Å². The van der Waals surface area contributed by atoms with Crippen LogP contribution in [0.25, 0.3) is 0 Å². The van der Waals surface area contributed by atoms with E-state index in [0.717, 1.165) is 0 Å². The number of nitrogens with one attached hydrogen (secondary N) is 1. The van der Waals surface area contributed by atoms with Crippen molar-refractivity contribution in [3.05, 3.63) is 23.8 Å². The van der Waals surface area contributed by atoms with Crippen molar-refractivity contribution in [2.45, 2.75) is 13.0 Å². The van der Waals surface area contributed by atoms with Crippen molar-refractivity contribution in [3.63, 3.8) is 0 Å². The highest BCUT2D eigenvalue weighted by molar-refractivity contribution is 5.99. The summed E-state index contributed by atoms with van der Waals surface area (Å²) < 4.78 is 5.00. The van der Waals surface area contributed by atoms with E-state index >= 15 is 0 Å². The van der Waals surface area contributed by atoms with Crippen LogP contribution in [0.3, 0.4) is 0 Å². The van der Waals surface area contributed by atoms with Gasteiger partial charge in [-0.15, -0.1) is 0 Å². The zero-order valence-corrected chi connectivity index (χ0v) is 9.56. The molecule has 1 atom stereocenters. The topological polar surface area (TPSA) is 102 Å². The SMILES string of the molecule is COc1cc(N)ccc1C(=O)N[C@H](C)C(=O)O. The average Bonchev–Trinajstić information content (AvgIpc) is 2.28. The molecule has 0 unspecified atom stereocenters. The van der Waals surface area contributed by atoms with E-state index in [-0.39, 0.29) is 5.56 Å². The fraction of sp³-hybridized carbons (Fsp3) is 0.273. The number of ether oxygens (including phenoxy) is 1. The summed E-state index contributed by atoms with van der Waals surface area (Å²) in [6.07, 6.45) is 0. The second-order valence-electron chi connectivity index (χ2n) is 3.49. The van der Waals surface area contributed by atoms with Crippen LogP contribution in [0.15, 0.2) is 18.2 Å². The number of carbonyl (C=O) groups is 2. The van der Waals surface area contributed by atoms with Crippen LogP contribution >= 0.6 is 0 Å². The van der Waals surface area contributed by atoms with Crippen LogP contribution in [0.1, 0.15) is 17.3 Å². The standard InChI is InChI=1S/C11H14N2O4/c1-6(11(15)16)13-10(14)8-4-3-7(12)5-9(8)17-2/h3-6H,12H2,1-2H3,(H,13,14)(H,15,16)/t6-/m1/s1. The average molecular weight is 238 g/mol. The molecule has 0 aliphatic heterocycles. The highest BCUT2D eigenvalue weighted by Crippen LogP contribution is 2.21. The van der Waals surface area contributed by atoms with E-state index in [1.807, 2.05) is 0 Å². The van der Waals surface area contributed by atoms with Gasteiger partial charge in [-0.05, 0) is 19.1 Å². The number of rotatable bonds is 4. The van der Waals surface area contributed by atoms with Crippen LogP contribution in [0.4, 0.5) is 5.69 Å². The second kappa shape index (κ2) is 5.20. The molecule has 1 amide bonds. The maximum Gasteiger partial charge on any atom is 0.325 e. The van der Waals surface area contributed by atoms with Crippen LogP contribution in [0.2, 0.25) is 0 Å². The van der Waals surface area contributed by atoms with Gasteiger partial charge in [-0.3, -0.25) is 9.59 Å². The number of hydrogen-bond donors (Lipinski definition) is 3. The van der Waals surface area contributed by atoms with Crippen LogP contribution in [0, 0.1) is 0 Å². The molecule has 0 radical (unpaired) electrons. The summed E-state index contributed by atoms with van der Waals surface area (Å²) in [5.41, 5.74) is 6.25. The molecule has 0 aliphatic carbocycles. The number of benzene rings is 1. The first-order chi connectivity index (χ1) is 7.95. The van der Waals surface area contributed by atoms with Gasteiger partial charge in [0.05, 0.1) is 12.7 Å². The molecular formula is C11H14N2O4. The monoisotopic (exact) mass is 238 g/mol. The minimum Gasteiger partial charge on any atom is -0.496 e. The number of anilines is 1. The Hall–Kier alpha value is -2.24. The molecule has 0 aliphatic rings. The molecule has 1 aromatic carbocycles. The zero-order chi connectivity index (χ0) is 13.0. The summed E-state index contributed by atoms with van der Waals surface area (Å²) in [5.74, 6) is -1.32. The highest BCUT2D eigenvalue weighted by Gasteiger charge is 2.18. The molecular weight excluding hydrogens is 224 g/mol. The first-order valence-electron chi connectivity index (χ1n) is 4.93. The van der Waals surface area contributed by atoms with Crippen molar-refractivity contribution < 1.29 is 19.4 Å². The number of carboxylic acid groups (broad SMARTS) is 1. The number of hydrogen-bond acceptors (Lipinski definition) is 4. The zero-order valence-electron chi connectivity index (χ0n) is 9.56. The summed E-state index contributed by atoms with van der Waals surface area (Å²) in [7, 11) is 1.41. The Labute approximate surface area is 98.4 Å². The predicted octanol–water partition coefficient (Wildman–Crippen LogP) is 0.480. The third-order valence-electron chi connectivity index (χ3n) is 2.19. The Kier molecular flexibility index (Phi) is 3.92. The minimum atomic E-state index is -1.10. The third-order valence-corrected chi connectivity index (χ3v) is 2.19. The first kappa shape index (κ1) is 12.8. The lowest BCUT2D eigenvalue weighted by molar-refractivity contribution is -0.138. The molecule has 0 fully saturated rings. The molecule has 1 aromatic rings. The van der Waals surface area contributed by atoms with E-state index < -0.39 is 17.9 Å². The summed E-state index contributed by atoms with van der Waals surface area (Å²) >= 11 is 0. The van der Waals surface area contributed by atoms with Gasteiger partial charge < -0.3 is 20.9 Å². The predicted molar refractivity (Wildman–Crippen MR) is 62.0 cm³/mol. The molecule has 17 heavy (non-hydrogen) atoms. The van der Waals surface area contributed by atoms with Crippen LogP contribution in [-0.2, 0) is 4.79 Å². The van der Waals surface area contributed by atoms with Crippen molar-refractivity contribution in [2.75, 3.05) is 12.8 Å². The smallest absolute Gasteiger partial charge is 0.325 e. The summed E-state index contributed by atoms with van der Waals surface area (Å²) in [6.45, 7) is 1.38. The lowest BCUT2D eigenvalue weighted by Gasteiger charge is -2.12. The lowest BCUT2D eigenvalue weighted by atomic mass is 10.1. The number of aliphatic carboxylic acids is 1. The van der Waals surface area contributed by atoms with Crippen LogP contribution in [-0.4, -0.2) is 30.1 Å². The Morgan fingerprint density at radius 2 is 2.12 bits per heavy atom. The number of carbonyl (C=O) groups excluding carboxylic acids is 1. The molecule has 0 saturated carbocycles. The molecule has 0 saturated heterocycles. The van der Waals surface area contributed by atoms with E-state index in [2.05, 4.69) is 5.32 Å². The van der Waals surface area contributed by atoms with Gasteiger partial charge in [0.2, 0.25) is 0 Å². The van der Waals surface area contributed by atoms with Gasteiger partial charge in [-0.25, -0.2) is 0 Å². The number of nitrogen functional groups attached to an aromatic ring is 1. The maximum absolute atomic E-state index is 11.8. The number of amides is 1. The largest absolute Gasteiger partial charge is 0.496 e. The number of nitrogens with two attached hydrogens (primary N) is 1. The Morgan fingerprint density at radius 3 is 2.65 bits per heavy atom. The molecule has 1 rings (SSSR count). The fourth-order valence-corrected chi connectivity index (χ4v) is 1.23. The molecule has 0 bridgehead atoms. The second-order valence-corrected chi connectivity index (χ2v) is 3.49. The summed E-state index contributed by atoms with van der Waals surface area (Å²) in [5, 5.41) is 11.0. The van der Waals surface area contributed by atoms with E-state index in [4.69, 9.17) is 15.6 Å². The number of methoxy groups -OCH3 is 1. The van der Waals surface area contributed by atoms with Gasteiger partial charge in [0.15, 0.2) is 0 Å². The molecule has 6 heteroatoms. The maximum atomic E-state index is 11.8. The van der Waals surface area contributed by atoms with E-state index in [9.17, 15) is 9.59 Å². The van der Waals surface area contributed by atoms with E-state index in [1.165, 1.54) is 26.2 Å². The molecule has 0 heterocycles. The van der Waals surface area contributed by atoms with E-state index in [0.29, 0.717) is 11.4 Å². The Balaban J connectivity index is 2.92.